The van der Waals surface area contributed by atoms with Gasteiger partial charge in [-0.1, -0.05) is 30.3 Å². The topological polar surface area (TPSA) is 51.2 Å². The smallest absolute Gasteiger partial charge is 0.233 e. The van der Waals surface area contributed by atoms with Gasteiger partial charge in [-0.3, -0.25) is 9.78 Å². The second kappa shape index (κ2) is 7.38. The van der Waals surface area contributed by atoms with Crippen molar-refractivity contribution in [3.05, 3.63) is 65.5 Å². The first-order chi connectivity index (χ1) is 11.3. The minimum Gasteiger partial charge on any atom is -0.376 e. The molecule has 3 rings (SSSR count). The summed E-state index contributed by atoms with van der Waals surface area (Å²) in [6, 6.07) is 13.7. The van der Waals surface area contributed by atoms with E-state index < -0.39 is 0 Å². The Bertz CT molecular complexity index is 651. The maximum absolute atomic E-state index is 12.8. The Morgan fingerprint density at radius 1 is 1.30 bits per heavy atom. The van der Waals surface area contributed by atoms with Gasteiger partial charge in [0.15, 0.2) is 0 Å². The van der Waals surface area contributed by atoms with Crippen LogP contribution in [0.1, 0.15) is 35.6 Å². The van der Waals surface area contributed by atoms with E-state index in [4.69, 9.17) is 4.74 Å². The SMILES string of the molecule is Cc1ccccc1C(C(=O)NCC1CCCO1)c1ccccn1. The van der Waals surface area contributed by atoms with Gasteiger partial charge in [-0.25, -0.2) is 0 Å². The van der Waals surface area contributed by atoms with Crippen LogP contribution in [0.25, 0.3) is 0 Å². The second-order valence-electron chi connectivity index (χ2n) is 5.92. The molecule has 120 valence electrons. The number of ether oxygens (including phenoxy) is 1. The number of benzene rings is 1. The summed E-state index contributed by atoms with van der Waals surface area (Å²) in [4.78, 5) is 17.3. The molecular weight excluding hydrogens is 288 g/mol. The van der Waals surface area contributed by atoms with Gasteiger partial charge in [0.1, 0.15) is 5.92 Å². The summed E-state index contributed by atoms with van der Waals surface area (Å²) in [5.74, 6) is -0.410. The molecular formula is C19H22N2O2. The van der Waals surface area contributed by atoms with Crippen LogP contribution in [0.5, 0.6) is 0 Å². The van der Waals surface area contributed by atoms with Gasteiger partial charge in [-0.2, -0.15) is 0 Å². The minimum absolute atomic E-state index is 0.0199. The lowest BCUT2D eigenvalue weighted by atomic mass is 9.90. The summed E-state index contributed by atoms with van der Waals surface area (Å²) in [7, 11) is 0. The quantitative estimate of drug-likeness (QED) is 0.924. The molecule has 1 amide bonds. The number of aryl methyl sites for hydroxylation is 1. The fraction of sp³-hybridized carbons (Fsp3) is 0.368. The highest BCUT2D eigenvalue weighted by atomic mass is 16.5. The molecule has 1 saturated heterocycles. The predicted octanol–water partition coefficient (Wildman–Crippen LogP) is 2.82. The Morgan fingerprint density at radius 3 is 2.83 bits per heavy atom. The number of nitrogens with zero attached hydrogens (tertiary/aromatic N) is 1. The van der Waals surface area contributed by atoms with Gasteiger partial charge in [0, 0.05) is 19.3 Å². The van der Waals surface area contributed by atoms with Crippen LogP contribution in [-0.4, -0.2) is 30.1 Å². The molecule has 1 aliphatic heterocycles. The Morgan fingerprint density at radius 2 is 2.13 bits per heavy atom. The van der Waals surface area contributed by atoms with Crippen LogP contribution >= 0.6 is 0 Å². The van der Waals surface area contributed by atoms with Gasteiger partial charge in [0.05, 0.1) is 11.8 Å². The summed E-state index contributed by atoms with van der Waals surface area (Å²) in [6.45, 7) is 3.38. The average molecular weight is 310 g/mol. The van der Waals surface area contributed by atoms with Gasteiger partial charge >= 0.3 is 0 Å². The van der Waals surface area contributed by atoms with E-state index in [-0.39, 0.29) is 17.9 Å². The van der Waals surface area contributed by atoms with E-state index in [1.165, 1.54) is 0 Å². The van der Waals surface area contributed by atoms with Crippen molar-refractivity contribution in [2.24, 2.45) is 0 Å². The summed E-state index contributed by atoms with van der Waals surface area (Å²) in [6.07, 6.45) is 3.95. The average Bonchev–Trinajstić information content (AvgIpc) is 3.09. The molecule has 0 bridgehead atoms. The van der Waals surface area contributed by atoms with Crippen molar-refractivity contribution in [3.63, 3.8) is 0 Å². The third kappa shape index (κ3) is 3.77. The summed E-state index contributed by atoms with van der Waals surface area (Å²) < 4.78 is 5.59. The molecule has 1 aromatic carbocycles. The number of rotatable bonds is 5. The van der Waals surface area contributed by atoms with Crippen molar-refractivity contribution < 1.29 is 9.53 Å². The van der Waals surface area contributed by atoms with Crippen molar-refractivity contribution in [2.75, 3.05) is 13.2 Å². The number of aromatic nitrogens is 1. The lowest BCUT2D eigenvalue weighted by Gasteiger charge is -2.20. The number of pyridine rings is 1. The van der Waals surface area contributed by atoms with Gasteiger partial charge in [0.2, 0.25) is 5.91 Å². The highest BCUT2D eigenvalue weighted by molar-refractivity contribution is 5.87. The molecule has 2 heterocycles. The number of carbonyl (C=O) groups is 1. The van der Waals surface area contributed by atoms with Crippen LogP contribution in [0.2, 0.25) is 0 Å². The van der Waals surface area contributed by atoms with Crippen molar-refractivity contribution >= 4 is 5.91 Å². The highest BCUT2D eigenvalue weighted by Gasteiger charge is 2.26. The number of hydrogen-bond acceptors (Lipinski definition) is 3. The molecule has 0 saturated carbocycles. The van der Waals surface area contributed by atoms with E-state index >= 15 is 0 Å². The summed E-state index contributed by atoms with van der Waals surface area (Å²) in [5, 5.41) is 3.04. The van der Waals surface area contributed by atoms with Crippen molar-refractivity contribution in [2.45, 2.75) is 31.8 Å². The third-order valence-electron chi connectivity index (χ3n) is 4.27. The zero-order valence-corrected chi connectivity index (χ0v) is 13.4. The van der Waals surface area contributed by atoms with Gasteiger partial charge in [-0.15, -0.1) is 0 Å². The fourth-order valence-electron chi connectivity index (χ4n) is 3.01. The molecule has 0 radical (unpaired) electrons. The van der Waals surface area contributed by atoms with Gasteiger partial charge in [-0.05, 0) is 43.0 Å². The van der Waals surface area contributed by atoms with E-state index in [0.29, 0.717) is 6.54 Å². The summed E-state index contributed by atoms with van der Waals surface area (Å²) in [5.41, 5.74) is 2.86. The molecule has 0 spiro atoms. The number of hydrogen-bond donors (Lipinski definition) is 1. The van der Waals surface area contributed by atoms with Crippen molar-refractivity contribution in [1.29, 1.82) is 0 Å². The molecule has 1 aliphatic rings. The van der Waals surface area contributed by atoms with E-state index in [1.807, 2.05) is 49.4 Å². The normalized spacial score (nSPS) is 18.6. The van der Waals surface area contributed by atoms with E-state index in [0.717, 1.165) is 36.3 Å². The standard InChI is InChI=1S/C19H22N2O2/c1-14-7-2-3-9-16(14)18(17-10-4-5-11-20-17)19(22)21-13-15-8-6-12-23-15/h2-5,7,9-11,15,18H,6,8,12-13H2,1H3,(H,21,22). The molecule has 0 aliphatic carbocycles. The fourth-order valence-corrected chi connectivity index (χ4v) is 3.01. The lowest BCUT2D eigenvalue weighted by molar-refractivity contribution is -0.122. The molecule has 2 aromatic rings. The molecule has 2 unspecified atom stereocenters. The van der Waals surface area contributed by atoms with E-state index in [2.05, 4.69) is 10.3 Å². The van der Waals surface area contributed by atoms with Crippen LogP contribution in [0.4, 0.5) is 0 Å². The first-order valence-electron chi connectivity index (χ1n) is 8.11. The van der Waals surface area contributed by atoms with Crippen molar-refractivity contribution in [3.8, 4) is 0 Å². The van der Waals surface area contributed by atoms with Crippen LogP contribution in [0.3, 0.4) is 0 Å². The second-order valence-corrected chi connectivity index (χ2v) is 5.92. The van der Waals surface area contributed by atoms with Crippen LogP contribution < -0.4 is 5.32 Å². The van der Waals surface area contributed by atoms with Crippen LogP contribution in [0.15, 0.2) is 48.7 Å². The third-order valence-corrected chi connectivity index (χ3v) is 4.27. The number of nitrogens with one attached hydrogen (secondary N) is 1. The molecule has 1 aromatic heterocycles. The molecule has 1 fully saturated rings. The largest absolute Gasteiger partial charge is 0.376 e. The monoisotopic (exact) mass is 310 g/mol. The summed E-state index contributed by atoms with van der Waals surface area (Å²) >= 11 is 0. The van der Waals surface area contributed by atoms with Gasteiger partial charge < -0.3 is 10.1 Å². The minimum atomic E-state index is -0.390. The zero-order valence-electron chi connectivity index (χ0n) is 13.4. The maximum atomic E-state index is 12.8. The van der Waals surface area contributed by atoms with Crippen LogP contribution in [-0.2, 0) is 9.53 Å². The first kappa shape index (κ1) is 15.7. The Kier molecular flexibility index (Phi) is 5.03. The number of carbonyl (C=O) groups excluding carboxylic acids is 1. The zero-order chi connectivity index (χ0) is 16.1. The predicted molar refractivity (Wildman–Crippen MR) is 89.2 cm³/mol. The van der Waals surface area contributed by atoms with Gasteiger partial charge in [0.25, 0.3) is 0 Å². The maximum Gasteiger partial charge on any atom is 0.233 e. The molecule has 23 heavy (non-hydrogen) atoms. The Labute approximate surface area is 136 Å². The molecule has 1 N–H and O–H groups in total. The van der Waals surface area contributed by atoms with Crippen molar-refractivity contribution in [1.82, 2.24) is 10.3 Å². The van der Waals surface area contributed by atoms with Crippen LogP contribution in [0, 0.1) is 6.92 Å². The lowest BCUT2D eigenvalue weighted by Crippen LogP contribution is -2.36. The number of amides is 1. The molecule has 4 nitrogen and oxygen atoms in total. The Balaban J connectivity index is 1.83. The molecule has 4 heteroatoms. The Hall–Kier alpha value is -2.20. The first-order valence-corrected chi connectivity index (χ1v) is 8.11. The van der Waals surface area contributed by atoms with E-state index in [9.17, 15) is 4.79 Å². The highest BCUT2D eigenvalue weighted by Crippen LogP contribution is 2.26. The molecule has 2 atom stereocenters. The van der Waals surface area contributed by atoms with E-state index in [1.54, 1.807) is 6.20 Å².